The van der Waals surface area contributed by atoms with Crippen molar-refractivity contribution in [2.24, 2.45) is 15.5 Å². The third kappa shape index (κ3) is 1.00. The van der Waals surface area contributed by atoms with E-state index in [-0.39, 0.29) is 6.61 Å². The van der Waals surface area contributed by atoms with E-state index in [1.54, 1.807) is 0 Å². The second kappa shape index (κ2) is 2.37. The average Bonchev–Trinajstić information content (AvgIpc) is 2.19. The standard InChI is InChI=1S/C3H5N4O/c8-2-1-3-4-6-7-5-3/h8H,1-2H2. The van der Waals surface area contributed by atoms with Gasteiger partial charge in [0.1, 0.15) is 0 Å². The van der Waals surface area contributed by atoms with Crippen LogP contribution < -0.4 is 5.43 Å². The second-order valence-corrected chi connectivity index (χ2v) is 1.27. The van der Waals surface area contributed by atoms with Gasteiger partial charge >= 0.3 is 0 Å². The predicted molar refractivity (Wildman–Crippen MR) is 26.1 cm³/mol. The van der Waals surface area contributed by atoms with Gasteiger partial charge in [0, 0.05) is 6.42 Å². The van der Waals surface area contributed by atoms with Gasteiger partial charge in [-0.05, 0) is 10.4 Å². The molecule has 43 valence electrons. The third-order valence-electron chi connectivity index (χ3n) is 0.696. The molecule has 8 heavy (non-hydrogen) atoms. The van der Waals surface area contributed by atoms with Gasteiger partial charge in [-0.1, -0.05) is 0 Å². The Balaban J connectivity index is 2.28. The molecule has 1 rings (SSSR count). The van der Waals surface area contributed by atoms with Crippen molar-refractivity contribution in [2.75, 3.05) is 6.61 Å². The predicted octanol–water partition coefficient (Wildman–Crippen LogP) is -0.333. The zero-order valence-corrected chi connectivity index (χ0v) is 4.15. The Hall–Kier alpha value is -0.970. The van der Waals surface area contributed by atoms with Gasteiger partial charge in [0.15, 0.2) is 5.84 Å². The minimum atomic E-state index is 0.0490. The number of hydrogen-bond acceptors (Lipinski definition) is 4. The summed E-state index contributed by atoms with van der Waals surface area (Å²) in [5.74, 6) is 0.493. The fraction of sp³-hybridized carbons (Fsp3) is 0.667. The van der Waals surface area contributed by atoms with E-state index in [0.29, 0.717) is 12.3 Å². The summed E-state index contributed by atoms with van der Waals surface area (Å²) in [6.07, 6.45) is 0.438. The third-order valence-corrected chi connectivity index (χ3v) is 0.696. The zero-order valence-electron chi connectivity index (χ0n) is 4.15. The molecule has 0 aromatic rings. The normalized spacial score (nSPS) is 15.9. The van der Waals surface area contributed by atoms with Crippen molar-refractivity contribution in [3.8, 4) is 0 Å². The van der Waals surface area contributed by atoms with Gasteiger partial charge < -0.3 is 5.11 Å². The number of rotatable bonds is 2. The molecular weight excluding hydrogens is 108 g/mol. The summed E-state index contributed by atoms with van der Waals surface area (Å²) in [5, 5.41) is 18.2. The molecule has 0 aliphatic carbocycles. The molecule has 0 fully saturated rings. The highest BCUT2D eigenvalue weighted by molar-refractivity contribution is 5.81. The van der Waals surface area contributed by atoms with E-state index in [1.165, 1.54) is 0 Å². The van der Waals surface area contributed by atoms with Crippen LogP contribution in [0.4, 0.5) is 0 Å². The summed E-state index contributed by atoms with van der Waals surface area (Å²) in [5.41, 5.74) is 3.47. The van der Waals surface area contributed by atoms with Crippen molar-refractivity contribution < 1.29 is 5.11 Å². The lowest BCUT2D eigenvalue weighted by Gasteiger charge is -1.86. The first-order chi connectivity index (χ1) is 3.93. The molecule has 0 saturated carbocycles. The first-order valence-corrected chi connectivity index (χ1v) is 2.22. The fourth-order valence-electron chi connectivity index (χ4n) is 0.363. The van der Waals surface area contributed by atoms with Crippen LogP contribution in [0.1, 0.15) is 6.42 Å². The molecule has 1 aliphatic rings. The van der Waals surface area contributed by atoms with Gasteiger partial charge in [-0.3, -0.25) is 0 Å². The van der Waals surface area contributed by atoms with Crippen molar-refractivity contribution >= 4 is 5.84 Å². The molecule has 1 aliphatic heterocycles. The van der Waals surface area contributed by atoms with Gasteiger partial charge in [0.05, 0.1) is 6.61 Å². The van der Waals surface area contributed by atoms with E-state index in [1.807, 2.05) is 0 Å². The fourth-order valence-corrected chi connectivity index (χ4v) is 0.363. The molecule has 0 bridgehead atoms. The highest BCUT2D eigenvalue weighted by Crippen LogP contribution is 1.92. The first kappa shape index (κ1) is 5.17. The summed E-state index contributed by atoms with van der Waals surface area (Å²) in [7, 11) is 0. The highest BCUT2D eigenvalue weighted by atomic mass is 16.3. The summed E-state index contributed by atoms with van der Waals surface area (Å²) in [6, 6.07) is 0. The van der Waals surface area contributed by atoms with Crippen LogP contribution in [0.2, 0.25) is 0 Å². The van der Waals surface area contributed by atoms with Gasteiger partial charge in [0.25, 0.3) is 0 Å². The molecular formula is C3H5N4O. The van der Waals surface area contributed by atoms with E-state index in [4.69, 9.17) is 5.11 Å². The van der Waals surface area contributed by atoms with Gasteiger partial charge in [0.2, 0.25) is 0 Å². The smallest absolute Gasteiger partial charge is 0.179 e. The summed E-state index contributed by atoms with van der Waals surface area (Å²) >= 11 is 0. The number of amidine groups is 1. The Bertz CT molecular complexity index is 129. The van der Waals surface area contributed by atoms with Crippen LogP contribution in [0.25, 0.3) is 0 Å². The van der Waals surface area contributed by atoms with Crippen LogP contribution in [0.5, 0.6) is 0 Å². The summed E-state index contributed by atoms with van der Waals surface area (Å²) in [4.78, 5) is 0. The molecule has 5 heteroatoms. The molecule has 1 radical (unpaired) electrons. The van der Waals surface area contributed by atoms with Crippen molar-refractivity contribution in [3.05, 3.63) is 0 Å². The van der Waals surface area contributed by atoms with Crippen LogP contribution in [-0.4, -0.2) is 17.5 Å². The van der Waals surface area contributed by atoms with E-state index in [2.05, 4.69) is 21.0 Å². The summed E-state index contributed by atoms with van der Waals surface area (Å²) in [6.45, 7) is 0.0490. The molecule has 0 unspecified atom stereocenters. The van der Waals surface area contributed by atoms with Crippen LogP contribution in [0.3, 0.4) is 0 Å². The quantitative estimate of drug-likeness (QED) is 0.523. The number of aliphatic hydroxyl groups excluding tert-OH is 1. The Morgan fingerprint density at radius 3 is 2.75 bits per heavy atom. The van der Waals surface area contributed by atoms with Crippen LogP contribution in [-0.2, 0) is 0 Å². The summed E-state index contributed by atoms with van der Waals surface area (Å²) < 4.78 is 0. The van der Waals surface area contributed by atoms with E-state index in [9.17, 15) is 0 Å². The lowest BCUT2D eigenvalue weighted by molar-refractivity contribution is 0.306. The Kier molecular flexibility index (Phi) is 1.53. The number of aliphatic hydroxyl groups is 1. The lowest BCUT2D eigenvalue weighted by Crippen LogP contribution is -2.07. The maximum absolute atomic E-state index is 8.30. The minimum Gasteiger partial charge on any atom is -0.396 e. The number of hydrogen-bond donors (Lipinski definition) is 1. The SMILES string of the molecule is OCCC1=NN=N[N]1. The van der Waals surface area contributed by atoms with E-state index in [0.717, 1.165) is 0 Å². The lowest BCUT2D eigenvalue weighted by atomic mass is 10.4. The van der Waals surface area contributed by atoms with Crippen molar-refractivity contribution in [2.45, 2.75) is 6.42 Å². The molecule has 1 N–H and O–H groups in total. The van der Waals surface area contributed by atoms with Crippen molar-refractivity contribution in [1.29, 1.82) is 0 Å². The number of nitrogens with zero attached hydrogens (tertiary/aromatic N) is 4. The molecule has 0 atom stereocenters. The molecule has 0 spiro atoms. The minimum absolute atomic E-state index is 0.0490. The Labute approximate surface area is 46.1 Å². The van der Waals surface area contributed by atoms with Crippen molar-refractivity contribution in [3.63, 3.8) is 0 Å². The molecule has 0 aromatic carbocycles. The molecule has 0 saturated heterocycles. The van der Waals surface area contributed by atoms with Crippen LogP contribution >= 0.6 is 0 Å². The van der Waals surface area contributed by atoms with Gasteiger partial charge in [-0.15, -0.1) is 10.5 Å². The Morgan fingerprint density at radius 1 is 1.38 bits per heavy atom. The van der Waals surface area contributed by atoms with Gasteiger partial charge in [-0.2, -0.15) is 0 Å². The molecule has 0 aromatic heterocycles. The van der Waals surface area contributed by atoms with Crippen LogP contribution in [0.15, 0.2) is 15.5 Å². The second-order valence-electron chi connectivity index (χ2n) is 1.27. The monoisotopic (exact) mass is 113 g/mol. The van der Waals surface area contributed by atoms with E-state index >= 15 is 0 Å². The van der Waals surface area contributed by atoms with Crippen molar-refractivity contribution in [1.82, 2.24) is 5.43 Å². The average molecular weight is 113 g/mol. The largest absolute Gasteiger partial charge is 0.396 e. The van der Waals surface area contributed by atoms with E-state index < -0.39 is 0 Å². The maximum atomic E-state index is 8.30. The molecule has 0 amide bonds. The molecule has 1 heterocycles. The topological polar surface area (TPSA) is 71.4 Å². The van der Waals surface area contributed by atoms with Crippen LogP contribution in [0, 0.1) is 0 Å². The molecule has 5 nitrogen and oxygen atoms in total. The highest BCUT2D eigenvalue weighted by Gasteiger charge is 2.02. The van der Waals surface area contributed by atoms with Gasteiger partial charge in [-0.25, -0.2) is 0 Å². The zero-order chi connectivity index (χ0) is 5.82. The maximum Gasteiger partial charge on any atom is 0.179 e. The Morgan fingerprint density at radius 2 is 2.25 bits per heavy atom. The first-order valence-electron chi connectivity index (χ1n) is 2.22.